The standard InChI is InChI=1S/C23H25NOS2/c1-4-24-15-19(13-17-5-9-21(26-2)10-6-17)23(25)20(16-24)14-18-7-11-22(27-3)12-8-18/h5-14H,4,15-16H2,1-3H3/p+1/b19-13-,20-14+. The molecule has 27 heavy (non-hydrogen) atoms. The number of likely N-dealkylation sites (tertiary alicyclic amines) is 1. The van der Waals surface area contributed by atoms with Gasteiger partial charge in [-0.2, -0.15) is 0 Å². The van der Waals surface area contributed by atoms with Gasteiger partial charge >= 0.3 is 0 Å². The molecular weight excluding hydrogens is 370 g/mol. The highest BCUT2D eigenvalue weighted by Gasteiger charge is 2.28. The number of nitrogens with one attached hydrogen (secondary N) is 1. The third-order valence-corrected chi connectivity index (χ3v) is 6.36. The van der Waals surface area contributed by atoms with Gasteiger partial charge in [0.05, 0.1) is 17.7 Å². The van der Waals surface area contributed by atoms with E-state index in [9.17, 15) is 4.79 Å². The van der Waals surface area contributed by atoms with Crippen LogP contribution in [-0.4, -0.2) is 37.9 Å². The van der Waals surface area contributed by atoms with Crippen LogP contribution in [-0.2, 0) is 4.79 Å². The minimum absolute atomic E-state index is 0.190. The Hall–Kier alpha value is -1.75. The highest BCUT2D eigenvalue weighted by molar-refractivity contribution is 7.98. The van der Waals surface area contributed by atoms with Crippen molar-refractivity contribution in [3.63, 3.8) is 0 Å². The van der Waals surface area contributed by atoms with Crippen molar-refractivity contribution in [3.8, 4) is 0 Å². The summed E-state index contributed by atoms with van der Waals surface area (Å²) in [6.45, 7) is 4.78. The van der Waals surface area contributed by atoms with E-state index in [0.717, 1.165) is 41.9 Å². The van der Waals surface area contributed by atoms with E-state index in [1.807, 2.05) is 0 Å². The molecule has 1 atom stereocenters. The van der Waals surface area contributed by atoms with Crippen molar-refractivity contribution in [2.45, 2.75) is 16.7 Å². The van der Waals surface area contributed by atoms with Crippen LogP contribution in [0.5, 0.6) is 0 Å². The lowest BCUT2D eigenvalue weighted by atomic mass is 9.94. The molecule has 2 aromatic carbocycles. The number of rotatable bonds is 5. The number of quaternary nitrogens is 1. The van der Waals surface area contributed by atoms with Crippen LogP contribution in [0.1, 0.15) is 18.1 Å². The smallest absolute Gasteiger partial charge is 0.196 e. The summed E-state index contributed by atoms with van der Waals surface area (Å²) in [6.07, 6.45) is 8.27. The summed E-state index contributed by atoms with van der Waals surface area (Å²) in [4.78, 5) is 17.0. The first-order chi connectivity index (χ1) is 13.1. The number of benzene rings is 2. The topological polar surface area (TPSA) is 21.5 Å². The number of ketones is 1. The first-order valence-electron chi connectivity index (χ1n) is 9.20. The molecule has 0 aromatic heterocycles. The zero-order chi connectivity index (χ0) is 19.2. The van der Waals surface area contributed by atoms with E-state index >= 15 is 0 Å². The number of hydrogen-bond donors (Lipinski definition) is 1. The summed E-state index contributed by atoms with van der Waals surface area (Å²) in [7, 11) is 0. The van der Waals surface area contributed by atoms with E-state index in [4.69, 9.17) is 0 Å². The van der Waals surface area contributed by atoms with Crippen molar-refractivity contribution in [3.05, 3.63) is 70.8 Å². The first-order valence-corrected chi connectivity index (χ1v) is 11.7. The Bertz CT molecular complexity index is 781. The molecular formula is C23H26NOS2+. The van der Waals surface area contributed by atoms with Gasteiger partial charge in [-0.25, -0.2) is 0 Å². The SMILES string of the molecule is CC[NH+]1C/C(=C/c2ccc(SC)cc2)C(=O)/C(=C/c2ccc(SC)cc2)C1. The molecule has 0 bridgehead atoms. The van der Waals surface area contributed by atoms with E-state index < -0.39 is 0 Å². The molecule has 1 heterocycles. The Labute approximate surface area is 170 Å². The predicted molar refractivity (Wildman–Crippen MR) is 119 cm³/mol. The molecule has 1 fully saturated rings. The third kappa shape index (κ3) is 5.16. The number of piperidine rings is 1. The summed E-state index contributed by atoms with van der Waals surface area (Å²) >= 11 is 3.46. The molecule has 0 amide bonds. The van der Waals surface area contributed by atoms with Crippen LogP contribution < -0.4 is 4.90 Å². The maximum absolute atomic E-state index is 13.1. The fourth-order valence-electron chi connectivity index (χ4n) is 3.25. The second-order valence-electron chi connectivity index (χ2n) is 6.67. The third-order valence-electron chi connectivity index (χ3n) is 4.88. The molecule has 1 N–H and O–H groups in total. The quantitative estimate of drug-likeness (QED) is 0.608. The average molecular weight is 397 g/mol. The van der Waals surface area contributed by atoms with Crippen molar-refractivity contribution < 1.29 is 9.69 Å². The van der Waals surface area contributed by atoms with Gasteiger partial charge in [0.1, 0.15) is 13.1 Å². The van der Waals surface area contributed by atoms with Crippen LogP contribution >= 0.6 is 23.5 Å². The molecule has 1 unspecified atom stereocenters. The van der Waals surface area contributed by atoms with Crippen molar-refractivity contribution in [1.82, 2.24) is 0 Å². The van der Waals surface area contributed by atoms with Gasteiger partial charge in [0.25, 0.3) is 0 Å². The molecule has 0 aliphatic carbocycles. The Morgan fingerprint density at radius 3 is 1.56 bits per heavy atom. The van der Waals surface area contributed by atoms with Crippen LogP contribution in [0.3, 0.4) is 0 Å². The van der Waals surface area contributed by atoms with Gasteiger partial charge < -0.3 is 4.90 Å². The number of thioether (sulfide) groups is 2. The molecule has 1 aliphatic rings. The number of likely N-dealkylation sites (N-methyl/N-ethyl adjacent to an activating group) is 1. The maximum Gasteiger partial charge on any atom is 0.196 e. The number of Topliss-reactive ketones (excluding diaryl/α,β-unsaturated/α-hetero) is 1. The monoisotopic (exact) mass is 396 g/mol. The highest BCUT2D eigenvalue weighted by atomic mass is 32.2. The average Bonchev–Trinajstić information content (AvgIpc) is 2.72. The molecule has 0 radical (unpaired) electrons. The molecule has 3 rings (SSSR count). The van der Waals surface area contributed by atoms with Crippen LogP contribution in [0.25, 0.3) is 12.2 Å². The van der Waals surface area contributed by atoms with Crippen LogP contribution in [0.4, 0.5) is 0 Å². The van der Waals surface area contributed by atoms with Crippen molar-refractivity contribution in [2.75, 3.05) is 32.1 Å². The lowest BCUT2D eigenvalue weighted by Gasteiger charge is -2.25. The predicted octanol–water partition coefficient (Wildman–Crippen LogP) is 4.08. The summed E-state index contributed by atoms with van der Waals surface area (Å²) in [5.41, 5.74) is 4.00. The number of carbonyl (C=O) groups is 1. The summed E-state index contributed by atoms with van der Waals surface area (Å²) < 4.78 is 0. The summed E-state index contributed by atoms with van der Waals surface area (Å²) in [5, 5.41) is 0. The van der Waals surface area contributed by atoms with Gasteiger partial charge in [-0.3, -0.25) is 4.79 Å². The fraction of sp³-hybridized carbons (Fsp3) is 0.261. The van der Waals surface area contributed by atoms with Crippen molar-refractivity contribution in [2.24, 2.45) is 0 Å². The lowest BCUT2D eigenvalue weighted by Crippen LogP contribution is -3.13. The largest absolute Gasteiger partial charge is 0.327 e. The Morgan fingerprint density at radius 2 is 1.22 bits per heavy atom. The molecule has 2 aromatic rings. The molecule has 2 nitrogen and oxygen atoms in total. The van der Waals surface area contributed by atoms with Crippen LogP contribution in [0.15, 0.2) is 69.5 Å². The summed E-state index contributed by atoms with van der Waals surface area (Å²) in [6, 6.07) is 16.8. The highest BCUT2D eigenvalue weighted by Crippen LogP contribution is 2.20. The van der Waals surface area contributed by atoms with Crippen LogP contribution in [0, 0.1) is 0 Å². The normalized spacial score (nSPS) is 20.4. The Balaban J connectivity index is 1.89. The van der Waals surface area contributed by atoms with Crippen LogP contribution in [0.2, 0.25) is 0 Å². The minimum atomic E-state index is 0.190. The van der Waals surface area contributed by atoms with E-state index in [2.05, 4.69) is 80.1 Å². The van der Waals surface area contributed by atoms with Crippen molar-refractivity contribution in [1.29, 1.82) is 0 Å². The van der Waals surface area contributed by atoms with Gasteiger partial charge in [0.2, 0.25) is 0 Å². The second-order valence-corrected chi connectivity index (χ2v) is 8.43. The molecule has 0 saturated carbocycles. The van der Waals surface area contributed by atoms with Gasteiger partial charge in [0.15, 0.2) is 5.78 Å². The number of carbonyl (C=O) groups excluding carboxylic acids is 1. The van der Waals surface area contributed by atoms with E-state index in [1.165, 1.54) is 14.7 Å². The molecule has 0 spiro atoms. The zero-order valence-corrected chi connectivity index (χ0v) is 17.8. The molecule has 4 heteroatoms. The maximum atomic E-state index is 13.1. The lowest BCUT2D eigenvalue weighted by molar-refractivity contribution is -0.889. The first kappa shape index (κ1) is 20.0. The van der Waals surface area contributed by atoms with Gasteiger partial charge in [0, 0.05) is 9.79 Å². The van der Waals surface area contributed by atoms with Gasteiger partial charge in [-0.15, -0.1) is 23.5 Å². The molecule has 140 valence electrons. The Morgan fingerprint density at radius 1 is 0.815 bits per heavy atom. The Kier molecular flexibility index (Phi) is 7.00. The van der Waals surface area contributed by atoms with E-state index in [1.54, 1.807) is 23.5 Å². The fourth-order valence-corrected chi connectivity index (χ4v) is 4.07. The van der Waals surface area contributed by atoms with E-state index in [0.29, 0.717) is 0 Å². The van der Waals surface area contributed by atoms with Gasteiger partial charge in [-0.05, 0) is 67.0 Å². The van der Waals surface area contributed by atoms with Gasteiger partial charge in [-0.1, -0.05) is 24.3 Å². The van der Waals surface area contributed by atoms with E-state index in [-0.39, 0.29) is 5.78 Å². The minimum Gasteiger partial charge on any atom is -0.327 e. The summed E-state index contributed by atoms with van der Waals surface area (Å²) in [5.74, 6) is 0.190. The number of hydrogen-bond acceptors (Lipinski definition) is 3. The molecule has 1 aliphatic heterocycles. The van der Waals surface area contributed by atoms with Crippen molar-refractivity contribution >= 4 is 41.5 Å². The second kappa shape index (κ2) is 9.45. The zero-order valence-electron chi connectivity index (χ0n) is 16.1. The molecule has 1 saturated heterocycles.